The lowest BCUT2D eigenvalue weighted by Gasteiger charge is -2.23. The molecule has 31 heavy (non-hydrogen) atoms. The molecule has 1 N–H and O–H groups in total. The number of sulfonamides is 1. The number of benzene rings is 2. The molecule has 0 aliphatic rings. The van der Waals surface area contributed by atoms with Crippen molar-refractivity contribution in [3.63, 3.8) is 0 Å². The van der Waals surface area contributed by atoms with Crippen LogP contribution in [0.25, 0.3) is 0 Å². The fourth-order valence-electron chi connectivity index (χ4n) is 3.38. The van der Waals surface area contributed by atoms with Gasteiger partial charge in [0.1, 0.15) is 12.4 Å². The summed E-state index contributed by atoms with van der Waals surface area (Å²) in [5.41, 5.74) is 5.00. The average molecular weight is 447 g/mol. The van der Waals surface area contributed by atoms with Crippen molar-refractivity contribution >= 4 is 21.6 Å². The van der Waals surface area contributed by atoms with Crippen LogP contribution in [0.3, 0.4) is 0 Å². The van der Waals surface area contributed by atoms with E-state index in [1.54, 1.807) is 0 Å². The minimum absolute atomic E-state index is 0.120. The summed E-state index contributed by atoms with van der Waals surface area (Å²) in [6.07, 6.45) is 1.86. The third kappa shape index (κ3) is 7.90. The lowest BCUT2D eigenvalue weighted by Crippen LogP contribution is -2.37. The molecule has 7 heteroatoms. The zero-order valence-corrected chi connectivity index (χ0v) is 20.2. The van der Waals surface area contributed by atoms with Crippen molar-refractivity contribution < 1.29 is 17.9 Å². The molecular weight excluding hydrogens is 412 g/mol. The molecule has 0 aromatic heterocycles. The Hall–Kier alpha value is -2.54. The molecule has 0 spiro atoms. The summed E-state index contributed by atoms with van der Waals surface area (Å²) >= 11 is 0. The molecule has 0 saturated carbocycles. The van der Waals surface area contributed by atoms with E-state index in [0.717, 1.165) is 22.4 Å². The zero-order valence-electron chi connectivity index (χ0n) is 19.4. The number of nitrogens with one attached hydrogen (secondary N) is 1. The number of hydrogen-bond acceptors (Lipinski definition) is 4. The second-order valence-electron chi connectivity index (χ2n) is 8.31. The third-order valence-electron chi connectivity index (χ3n) is 5.05. The molecule has 0 radical (unpaired) electrons. The van der Waals surface area contributed by atoms with Gasteiger partial charge < -0.3 is 10.1 Å². The summed E-state index contributed by atoms with van der Waals surface area (Å²) in [5, 5.41) is 2.91. The number of rotatable bonds is 10. The van der Waals surface area contributed by atoms with Crippen LogP contribution in [0, 0.1) is 27.7 Å². The zero-order chi connectivity index (χ0) is 23.2. The first-order chi connectivity index (χ1) is 14.5. The molecule has 1 amide bonds. The molecule has 1 atom stereocenters. The number of nitrogens with zero attached hydrogens (tertiary/aromatic N) is 1. The molecule has 2 aromatic rings. The molecule has 0 aliphatic carbocycles. The SMILES string of the molecule is Cc1cc(C)cc(N(CCCC(=O)N[C@@H](C)COc2ccc(C)c(C)c2)S(C)(=O)=O)c1. The van der Waals surface area contributed by atoms with Crippen LogP contribution in [0.4, 0.5) is 5.69 Å². The Morgan fingerprint density at radius 3 is 2.26 bits per heavy atom. The highest BCUT2D eigenvalue weighted by Crippen LogP contribution is 2.22. The maximum absolute atomic E-state index is 12.3. The molecule has 6 nitrogen and oxygen atoms in total. The van der Waals surface area contributed by atoms with E-state index in [2.05, 4.69) is 5.32 Å². The van der Waals surface area contributed by atoms with Gasteiger partial charge in [0, 0.05) is 13.0 Å². The van der Waals surface area contributed by atoms with Gasteiger partial charge in [0.05, 0.1) is 18.0 Å². The minimum Gasteiger partial charge on any atom is -0.491 e. The van der Waals surface area contributed by atoms with E-state index in [-0.39, 0.29) is 24.9 Å². The first kappa shape index (κ1) is 24.7. The van der Waals surface area contributed by atoms with Gasteiger partial charge in [-0.2, -0.15) is 0 Å². The number of carbonyl (C=O) groups excluding carboxylic acids is 1. The Kier molecular flexibility index (Phi) is 8.51. The maximum atomic E-state index is 12.3. The third-order valence-corrected chi connectivity index (χ3v) is 6.24. The second-order valence-corrected chi connectivity index (χ2v) is 10.2. The van der Waals surface area contributed by atoms with E-state index in [1.807, 2.05) is 71.0 Å². The molecule has 2 aromatic carbocycles. The highest BCUT2D eigenvalue weighted by molar-refractivity contribution is 7.92. The van der Waals surface area contributed by atoms with Gasteiger partial charge in [0.2, 0.25) is 15.9 Å². The van der Waals surface area contributed by atoms with E-state index in [4.69, 9.17) is 4.74 Å². The topological polar surface area (TPSA) is 75.7 Å². The highest BCUT2D eigenvalue weighted by Gasteiger charge is 2.18. The van der Waals surface area contributed by atoms with Gasteiger partial charge in [0.25, 0.3) is 0 Å². The quantitative estimate of drug-likeness (QED) is 0.597. The van der Waals surface area contributed by atoms with Crippen LogP contribution in [0.1, 0.15) is 42.0 Å². The van der Waals surface area contributed by atoms with Gasteiger partial charge in [-0.15, -0.1) is 0 Å². The number of aryl methyl sites for hydroxylation is 4. The Labute approximate surface area is 186 Å². The molecule has 0 aliphatic heterocycles. The highest BCUT2D eigenvalue weighted by atomic mass is 32.2. The van der Waals surface area contributed by atoms with Crippen molar-refractivity contribution in [3.8, 4) is 5.75 Å². The molecule has 170 valence electrons. The van der Waals surface area contributed by atoms with E-state index < -0.39 is 10.0 Å². The van der Waals surface area contributed by atoms with Crippen LogP contribution in [-0.2, 0) is 14.8 Å². The van der Waals surface area contributed by atoms with Gasteiger partial charge in [-0.3, -0.25) is 9.10 Å². The standard InChI is InChI=1S/C24H34N2O4S/c1-17-12-18(2)14-22(13-17)26(31(6,28)29)11-7-8-24(27)25-21(5)16-30-23-10-9-19(3)20(4)15-23/h9-10,12-15,21H,7-8,11,16H2,1-6H3,(H,25,27)/t21-/m0/s1. The first-order valence-corrected chi connectivity index (χ1v) is 12.4. The van der Waals surface area contributed by atoms with Gasteiger partial charge in [-0.1, -0.05) is 12.1 Å². The lowest BCUT2D eigenvalue weighted by atomic mass is 10.1. The summed E-state index contributed by atoms with van der Waals surface area (Å²) in [6, 6.07) is 11.5. The van der Waals surface area contributed by atoms with E-state index >= 15 is 0 Å². The van der Waals surface area contributed by atoms with Gasteiger partial charge in [-0.05, 0) is 87.6 Å². The fourth-order valence-corrected chi connectivity index (χ4v) is 4.33. The average Bonchev–Trinajstić information content (AvgIpc) is 2.64. The number of amides is 1. The summed E-state index contributed by atoms with van der Waals surface area (Å²) in [7, 11) is -3.44. The van der Waals surface area contributed by atoms with Crippen LogP contribution in [0.2, 0.25) is 0 Å². The van der Waals surface area contributed by atoms with Crippen LogP contribution >= 0.6 is 0 Å². The van der Waals surface area contributed by atoms with Crippen molar-refractivity contribution in [2.75, 3.05) is 23.7 Å². The van der Waals surface area contributed by atoms with Crippen molar-refractivity contribution in [2.24, 2.45) is 0 Å². The fraction of sp³-hybridized carbons (Fsp3) is 0.458. The van der Waals surface area contributed by atoms with Gasteiger partial charge in [-0.25, -0.2) is 8.42 Å². The van der Waals surface area contributed by atoms with Crippen molar-refractivity contribution in [1.82, 2.24) is 5.32 Å². The predicted molar refractivity (Wildman–Crippen MR) is 126 cm³/mol. The number of hydrogen-bond donors (Lipinski definition) is 1. The van der Waals surface area contributed by atoms with Crippen LogP contribution in [-0.4, -0.2) is 39.8 Å². The van der Waals surface area contributed by atoms with Crippen LogP contribution in [0.15, 0.2) is 36.4 Å². The minimum atomic E-state index is -3.44. The number of anilines is 1. The summed E-state index contributed by atoms with van der Waals surface area (Å²) < 4.78 is 31.7. The van der Waals surface area contributed by atoms with Gasteiger partial charge >= 0.3 is 0 Å². The molecule has 0 saturated heterocycles. The van der Waals surface area contributed by atoms with E-state index in [0.29, 0.717) is 18.7 Å². The number of carbonyl (C=O) groups is 1. The van der Waals surface area contributed by atoms with E-state index in [1.165, 1.54) is 16.1 Å². The molecule has 0 bridgehead atoms. The molecule has 0 unspecified atom stereocenters. The lowest BCUT2D eigenvalue weighted by molar-refractivity contribution is -0.121. The molecule has 0 heterocycles. The summed E-state index contributed by atoms with van der Waals surface area (Å²) in [5.74, 6) is 0.659. The van der Waals surface area contributed by atoms with Crippen molar-refractivity contribution in [1.29, 1.82) is 0 Å². The molecule has 2 rings (SSSR count). The first-order valence-electron chi connectivity index (χ1n) is 10.5. The maximum Gasteiger partial charge on any atom is 0.232 e. The second kappa shape index (κ2) is 10.7. The molecular formula is C24H34N2O4S. The number of ether oxygens (including phenoxy) is 1. The van der Waals surface area contributed by atoms with E-state index in [9.17, 15) is 13.2 Å². The molecule has 0 fully saturated rings. The Morgan fingerprint density at radius 1 is 1.03 bits per heavy atom. The summed E-state index contributed by atoms with van der Waals surface area (Å²) in [6.45, 7) is 10.5. The normalized spacial score (nSPS) is 12.3. The monoisotopic (exact) mass is 446 g/mol. The smallest absolute Gasteiger partial charge is 0.232 e. The predicted octanol–water partition coefficient (Wildman–Crippen LogP) is 4.05. The largest absolute Gasteiger partial charge is 0.491 e. The summed E-state index contributed by atoms with van der Waals surface area (Å²) in [4.78, 5) is 12.3. The van der Waals surface area contributed by atoms with Crippen molar-refractivity contribution in [2.45, 2.75) is 53.5 Å². The van der Waals surface area contributed by atoms with Crippen LogP contribution in [0.5, 0.6) is 5.75 Å². The Balaban J connectivity index is 1.85. The van der Waals surface area contributed by atoms with Crippen LogP contribution < -0.4 is 14.4 Å². The van der Waals surface area contributed by atoms with Crippen molar-refractivity contribution in [3.05, 3.63) is 58.7 Å². The van der Waals surface area contributed by atoms with Gasteiger partial charge in [0.15, 0.2) is 0 Å². The Bertz CT molecular complexity index is 998. The Morgan fingerprint density at radius 2 is 1.68 bits per heavy atom.